The third-order valence-electron chi connectivity index (χ3n) is 4.59. The van der Waals surface area contributed by atoms with Crippen LogP contribution in [0.4, 0.5) is 0 Å². The van der Waals surface area contributed by atoms with Gasteiger partial charge in [-0.05, 0) is 31.4 Å². The van der Waals surface area contributed by atoms with Crippen molar-refractivity contribution in [2.75, 3.05) is 26.2 Å². The number of carbonyl (C=O) groups is 2. The summed E-state index contributed by atoms with van der Waals surface area (Å²) in [7, 11) is 0. The molecule has 1 fully saturated rings. The van der Waals surface area contributed by atoms with Crippen molar-refractivity contribution in [2.45, 2.75) is 32.7 Å². The van der Waals surface area contributed by atoms with Crippen LogP contribution in [-0.4, -0.2) is 67.5 Å². The van der Waals surface area contributed by atoms with Crippen molar-refractivity contribution in [1.29, 1.82) is 0 Å². The van der Waals surface area contributed by atoms with E-state index in [4.69, 9.17) is 0 Å². The number of hydrogen-bond acceptors (Lipinski definition) is 5. The van der Waals surface area contributed by atoms with Gasteiger partial charge >= 0.3 is 0 Å². The van der Waals surface area contributed by atoms with Gasteiger partial charge in [-0.25, -0.2) is 4.98 Å². The molecule has 2 aromatic heterocycles. The summed E-state index contributed by atoms with van der Waals surface area (Å²) in [6.45, 7) is 5.03. The quantitative estimate of drug-likeness (QED) is 0.802. The Bertz CT molecular complexity index is 746. The van der Waals surface area contributed by atoms with E-state index in [1.807, 2.05) is 24.0 Å². The standard InChI is InChI=1S/C18H24N6O2/c1-15-5-2-7-20-17(15)18(26)23-9-4-8-22(11-12-23)16(25)6-3-10-24-14-19-13-21-24/h2,5,7,13-14H,3-4,6,8-12H2,1H3. The van der Waals surface area contributed by atoms with Crippen LogP contribution in [0.5, 0.6) is 0 Å². The number of aryl methyl sites for hydroxylation is 2. The van der Waals surface area contributed by atoms with Crippen LogP contribution in [0.2, 0.25) is 0 Å². The van der Waals surface area contributed by atoms with Crippen LogP contribution in [0, 0.1) is 6.92 Å². The van der Waals surface area contributed by atoms with Gasteiger partial charge < -0.3 is 9.80 Å². The smallest absolute Gasteiger partial charge is 0.272 e. The molecule has 0 spiro atoms. The van der Waals surface area contributed by atoms with E-state index in [2.05, 4.69) is 15.1 Å². The van der Waals surface area contributed by atoms with Crippen LogP contribution in [0.15, 0.2) is 31.0 Å². The van der Waals surface area contributed by atoms with Crippen LogP contribution in [0.1, 0.15) is 35.3 Å². The van der Waals surface area contributed by atoms with Crippen molar-refractivity contribution in [3.63, 3.8) is 0 Å². The summed E-state index contributed by atoms with van der Waals surface area (Å²) in [5.41, 5.74) is 1.38. The maximum Gasteiger partial charge on any atom is 0.272 e. The molecule has 3 heterocycles. The topological polar surface area (TPSA) is 84.2 Å². The normalized spacial score (nSPS) is 15.0. The minimum atomic E-state index is -0.0522. The summed E-state index contributed by atoms with van der Waals surface area (Å²) < 4.78 is 1.73. The molecule has 26 heavy (non-hydrogen) atoms. The average Bonchev–Trinajstić information content (AvgIpc) is 3.03. The molecular weight excluding hydrogens is 332 g/mol. The molecule has 1 aliphatic rings. The lowest BCUT2D eigenvalue weighted by molar-refractivity contribution is -0.131. The number of carbonyl (C=O) groups excluding carboxylic acids is 2. The van der Waals surface area contributed by atoms with Crippen LogP contribution < -0.4 is 0 Å². The fourth-order valence-corrected chi connectivity index (χ4v) is 3.13. The molecule has 0 unspecified atom stereocenters. The molecular formula is C18H24N6O2. The second-order valence-corrected chi connectivity index (χ2v) is 6.46. The average molecular weight is 356 g/mol. The number of nitrogens with zero attached hydrogens (tertiary/aromatic N) is 6. The highest BCUT2D eigenvalue weighted by Crippen LogP contribution is 2.12. The van der Waals surface area contributed by atoms with Crippen molar-refractivity contribution in [2.24, 2.45) is 0 Å². The molecule has 0 radical (unpaired) electrons. The van der Waals surface area contributed by atoms with E-state index >= 15 is 0 Å². The Morgan fingerprint density at radius 2 is 1.96 bits per heavy atom. The number of rotatable bonds is 5. The molecule has 2 amide bonds. The summed E-state index contributed by atoms with van der Waals surface area (Å²) in [6, 6.07) is 3.72. The Labute approximate surface area is 152 Å². The predicted molar refractivity (Wildman–Crippen MR) is 95.3 cm³/mol. The van der Waals surface area contributed by atoms with E-state index in [-0.39, 0.29) is 11.8 Å². The first-order valence-electron chi connectivity index (χ1n) is 8.96. The second kappa shape index (κ2) is 8.55. The van der Waals surface area contributed by atoms with Gasteiger partial charge in [0.15, 0.2) is 0 Å². The first-order valence-corrected chi connectivity index (χ1v) is 8.96. The van der Waals surface area contributed by atoms with Crippen molar-refractivity contribution < 1.29 is 9.59 Å². The SMILES string of the molecule is Cc1cccnc1C(=O)N1CCCN(C(=O)CCCn2cncn2)CC1. The Morgan fingerprint density at radius 1 is 1.15 bits per heavy atom. The highest BCUT2D eigenvalue weighted by atomic mass is 16.2. The maximum absolute atomic E-state index is 12.7. The van der Waals surface area contributed by atoms with Crippen LogP contribution in [0.25, 0.3) is 0 Å². The summed E-state index contributed by atoms with van der Waals surface area (Å²) >= 11 is 0. The van der Waals surface area contributed by atoms with E-state index in [1.54, 1.807) is 22.1 Å². The molecule has 1 aliphatic heterocycles. The Hall–Kier alpha value is -2.77. The Morgan fingerprint density at radius 3 is 2.73 bits per heavy atom. The van der Waals surface area contributed by atoms with E-state index in [0.717, 1.165) is 18.4 Å². The fourth-order valence-electron chi connectivity index (χ4n) is 3.13. The van der Waals surface area contributed by atoms with Gasteiger partial charge in [-0.3, -0.25) is 19.3 Å². The Balaban J connectivity index is 1.50. The lowest BCUT2D eigenvalue weighted by atomic mass is 10.2. The molecule has 138 valence electrons. The largest absolute Gasteiger partial charge is 0.341 e. The van der Waals surface area contributed by atoms with Gasteiger partial charge in [0.2, 0.25) is 5.91 Å². The van der Waals surface area contributed by atoms with Crippen molar-refractivity contribution in [3.8, 4) is 0 Å². The fraction of sp³-hybridized carbons (Fsp3) is 0.500. The second-order valence-electron chi connectivity index (χ2n) is 6.46. The molecule has 8 nitrogen and oxygen atoms in total. The molecule has 2 aromatic rings. The maximum atomic E-state index is 12.7. The van der Waals surface area contributed by atoms with Crippen molar-refractivity contribution in [1.82, 2.24) is 29.5 Å². The predicted octanol–water partition coefficient (Wildman–Crippen LogP) is 1.14. The van der Waals surface area contributed by atoms with Crippen LogP contribution in [0.3, 0.4) is 0 Å². The van der Waals surface area contributed by atoms with Gasteiger partial charge in [-0.2, -0.15) is 5.10 Å². The van der Waals surface area contributed by atoms with Gasteiger partial charge in [-0.1, -0.05) is 6.07 Å². The molecule has 3 rings (SSSR count). The summed E-state index contributed by atoms with van der Waals surface area (Å²) in [5.74, 6) is 0.0806. The summed E-state index contributed by atoms with van der Waals surface area (Å²) in [6.07, 6.45) is 6.78. The summed E-state index contributed by atoms with van der Waals surface area (Å²) in [5, 5.41) is 4.04. The highest BCUT2D eigenvalue weighted by molar-refractivity contribution is 5.93. The van der Waals surface area contributed by atoms with Gasteiger partial charge in [0, 0.05) is 45.3 Å². The number of aromatic nitrogens is 4. The molecule has 0 aromatic carbocycles. The zero-order chi connectivity index (χ0) is 18.4. The summed E-state index contributed by atoms with van der Waals surface area (Å²) in [4.78, 5) is 36.9. The van der Waals surface area contributed by atoms with Gasteiger partial charge in [-0.15, -0.1) is 0 Å². The van der Waals surface area contributed by atoms with E-state index in [9.17, 15) is 9.59 Å². The van der Waals surface area contributed by atoms with E-state index in [1.165, 1.54) is 6.33 Å². The van der Waals surface area contributed by atoms with Gasteiger partial charge in [0.1, 0.15) is 18.3 Å². The van der Waals surface area contributed by atoms with Gasteiger partial charge in [0.25, 0.3) is 5.91 Å². The molecule has 0 saturated carbocycles. The zero-order valence-corrected chi connectivity index (χ0v) is 15.0. The Kier molecular flexibility index (Phi) is 5.93. The third kappa shape index (κ3) is 4.44. The van der Waals surface area contributed by atoms with Gasteiger partial charge in [0.05, 0.1) is 0 Å². The first-order chi connectivity index (χ1) is 12.6. The van der Waals surface area contributed by atoms with E-state index < -0.39 is 0 Å². The highest BCUT2D eigenvalue weighted by Gasteiger charge is 2.24. The minimum absolute atomic E-state index is 0.0522. The molecule has 8 heteroatoms. The number of amides is 2. The van der Waals surface area contributed by atoms with Crippen molar-refractivity contribution >= 4 is 11.8 Å². The molecule has 0 N–H and O–H groups in total. The molecule has 0 aliphatic carbocycles. The lowest BCUT2D eigenvalue weighted by Gasteiger charge is -2.22. The lowest BCUT2D eigenvalue weighted by Crippen LogP contribution is -2.37. The monoisotopic (exact) mass is 356 g/mol. The molecule has 1 saturated heterocycles. The van der Waals surface area contributed by atoms with E-state index in [0.29, 0.717) is 44.8 Å². The minimum Gasteiger partial charge on any atom is -0.341 e. The van der Waals surface area contributed by atoms with Crippen LogP contribution >= 0.6 is 0 Å². The number of pyridine rings is 1. The first kappa shape index (κ1) is 18.0. The number of hydrogen-bond donors (Lipinski definition) is 0. The van der Waals surface area contributed by atoms with Crippen molar-refractivity contribution in [3.05, 3.63) is 42.2 Å². The van der Waals surface area contributed by atoms with Crippen LogP contribution in [-0.2, 0) is 11.3 Å². The zero-order valence-electron chi connectivity index (χ0n) is 15.0. The molecule has 0 atom stereocenters. The molecule has 0 bridgehead atoms. The third-order valence-corrected chi connectivity index (χ3v) is 4.59.